The van der Waals surface area contributed by atoms with Crippen LogP contribution in [0.1, 0.15) is 43.9 Å². The van der Waals surface area contributed by atoms with Gasteiger partial charge < -0.3 is 10.1 Å². The van der Waals surface area contributed by atoms with E-state index in [2.05, 4.69) is 5.32 Å². The summed E-state index contributed by atoms with van der Waals surface area (Å²) in [5.74, 6) is -1.79. The predicted octanol–water partition coefficient (Wildman–Crippen LogP) is 2.65. The van der Waals surface area contributed by atoms with Crippen molar-refractivity contribution in [2.75, 3.05) is 13.3 Å². The van der Waals surface area contributed by atoms with Crippen LogP contribution in [0.15, 0.2) is 48.5 Å². The summed E-state index contributed by atoms with van der Waals surface area (Å²) in [6.07, 6.45) is 0.407. The first-order chi connectivity index (χ1) is 13.5. The van der Waals surface area contributed by atoms with E-state index < -0.39 is 24.5 Å². The lowest BCUT2D eigenvalue weighted by molar-refractivity contribution is -0.146. The number of nitrogens with zero attached hydrogens (tertiary/aromatic N) is 1. The van der Waals surface area contributed by atoms with E-state index in [1.54, 1.807) is 48.5 Å². The number of carbonyl (C=O) groups excluding carboxylic acids is 4. The van der Waals surface area contributed by atoms with E-state index in [0.29, 0.717) is 28.1 Å². The minimum Gasteiger partial charge on any atom is -0.444 e. The van der Waals surface area contributed by atoms with Crippen molar-refractivity contribution in [3.8, 4) is 0 Å². The van der Waals surface area contributed by atoms with Gasteiger partial charge in [-0.05, 0) is 42.8 Å². The highest BCUT2D eigenvalue weighted by Gasteiger charge is 2.35. The van der Waals surface area contributed by atoms with Crippen LogP contribution < -0.4 is 5.32 Å². The standard InChI is InChI=1S/C20H17ClN2O5/c21-14-9-7-13(8-10-14)18(25)22-11-3-6-17(24)28-12-23-19(26)15-4-1-2-5-16(15)20(23)27/h1-2,4-5,7-10H,3,6,11-12H2,(H,22,25). The fraction of sp³-hybridized carbons (Fsp3) is 0.200. The zero-order valence-electron chi connectivity index (χ0n) is 14.8. The maximum Gasteiger partial charge on any atom is 0.307 e. The molecule has 144 valence electrons. The molecule has 0 aliphatic carbocycles. The number of halogens is 1. The van der Waals surface area contributed by atoms with Crippen LogP contribution in [0.5, 0.6) is 0 Å². The zero-order valence-corrected chi connectivity index (χ0v) is 15.6. The Labute approximate surface area is 166 Å². The van der Waals surface area contributed by atoms with Crippen LogP contribution in [0.3, 0.4) is 0 Å². The average molecular weight is 401 g/mol. The van der Waals surface area contributed by atoms with Crippen molar-refractivity contribution >= 4 is 35.3 Å². The molecule has 1 aliphatic rings. The third-order valence-corrected chi connectivity index (χ3v) is 4.43. The number of fused-ring (bicyclic) bond motifs is 1. The number of nitrogens with one attached hydrogen (secondary N) is 1. The van der Waals surface area contributed by atoms with Gasteiger partial charge in [-0.2, -0.15) is 0 Å². The number of hydrogen-bond acceptors (Lipinski definition) is 5. The molecule has 28 heavy (non-hydrogen) atoms. The first-order valence-corrected chi connectivity index (χ1v) is 9.00. The van der Waals surface area contributed by atoms with Gasteiger partial charge >= 0.3 is 5.97 Å². The lowest BCUT2D eigenvalue weighted by Gasteiger charge is -2.14. The summed E-state index contributed by atoms with van der Waals surface area (Å²) < 4.78 is 5.02. The van der Waals surface area contributed by atoms with E-state index in [9.17, 15) is 19.2 Å². The zero-order chi connectivity index (χ0) is 20.1. The number of esters is 1. The average Bonchev–Trinajstić information content (AvgIpc) is 2.94. The lowest BCUT2D eigenvalue weighted by Crippen LogP contribution is -2.33. The smallest absolute Gasteiger partial charge is 0.307 e. The van der Waals surface area contributed by atoms with Crippen LogP contribution in [0, 0.1) is 0 Å². The molecule has 1 N–H and O–H groups in total. The Morgan fingerprint density at radius 2 is 1.57 bits per heavy atom. The van der Waals surface area contributed by atoms with Crippen LogP contribution in [0.25, 0.3) is 0 Å². The number of amides is 3. The monoisotopic (exact) mass is 400 g/mol. The normalized spacial score (nSPS) is 12.7. The highest BCUT2D eigenvalue weighted by Crippen LogP contribution is 2.22. The van der Waals surface area contributed by atoms with Crippen molar-refractivity contribution in [3.63, 3.8) is 0 Å². The van der Waals surface area contributed by atoms with E-state index in [1.807, 2.05) is 0 Å². The van der Waals surface area contributed by atoms with Crippen molar-refractivity contribution in [1.29, 1.82) is 0 Å². The summed E-state index contributed by atoms with van der Waals surface area (Å²) in [4.78, 5) is 49.0. The van der Waals surface area contributed by atoms with Crippen molar-refractivity contribution in [2.24, 2.45) is 0 Å². The highest BCUT2D eigenvalue weighted by atomic mass is 35.5. The van der Waals surface area contributed by atoms with Gasteiger partial charge in [0.15, 0.2) is 6.73 Å². The van der Waals surface area contributed by atoms with Gasteiger partial charge in [0.05, 0.1) is 11.1 Å². The van der Waals surface area contributed by atoms with Crippen LogP contribution in [-0.4, -0.2) is 41.9 Å². The maximum absolute atomic E-state index is 12.2. The Hall–Kier alpha value is -3.19. The topological polar surface area (TPSA) is 92.8 Å². The molecule has 1 aliphatic heterocycles. The second kappa shape index (κ2) is 8.67. The first kappa shape index (κ1) is 19.6. The van der Waals surface area contributed by atoms with E-state index in [4.69, 9.17) is 16.3 Å². The number of ether oxygens (including phenoxy) is 1. The van der Waals surface area contributed by atoms with Crippen molar-refractivity contribution < 1.29 is 23.9 Å². The van der Waals surface area contributed by atoms with Crippen molar-refractivity contribution in [1.82, 2.24) is 10.2 Å². The molecule has 0 unspecified atom stereocenters. The molecular formula is C20H17ClN2O5. The van der Waals surface area contributed by atoms with Crippen LogP contribution in [-0.2, 0) is 9.53 Å². The number of rotatable bonds is 7. The molecule has 3 rings (SSSR count). The molecule has 3 amide bonds. The van der Waals surface area contributed by atoms with Gasteiger partial charge in [0.2, 0.25) is 0 Å². The molecule has 0 bridgehead atoms. The summed E-state index contributed by atoms with van der Waals surface area (Å²) in [6, 6.07) is 12.9. The molecule has 2 aromatic rings. The minimum absolute atomic E-state index is 0.0457. The Bertz CT molecular complexity index is 891. The Morgan fingerprint density at radius 3 is 2.18 bits per heavy atom. The summed E-state index contributed by atoms with van der Waals surface area (Å²) in [6.45, 7) is -0.147. The quantitative estimate of drug-likeness (QED) is 0.438. The molecule has 0 atom stereocenters. The molecule has 0 aromatic heterocycles. The molecule has 0 saturated carbocycles. The third kappa shape index (κ3) is 4.37. The van der Waals surface area contributed by atoms with Crippen LogP contribution in [0.2, 0.25) is 5.02 Å². The minimum atomic E-state index is -0.558. The van der Waals surface area contributed by atoms with Crippen molar-refractivity contribution in [2.45, 2.75) is 12.8 Å². The van der Waals surface area contributed by atoms with E-state index >= 15 is 0 Å². The number of carbonyl (C=O) groups is 4. The molecular weight excluding hydrogens is 384 g/mol. The second-order valence-electron chi connectivity index (χ2n) is 6.10. The van der Waals surface area contributed by atoms with E-state index in [0.717, 1.165) is 4.90 Å². The summed E-state index contributed by atoms with van der Waals surface area (Å²) in [5.41, 5.74) is 1.07. The van der Waals surface area contributed by atoms with Gasteiger partial charge in [-0.3, -0.25) is 19.2 Å². The van der Waals surface area contributed by atoms with Crippen molar-refractivity contribution in [3.05, 3.63) is 70.2 Å². The Kier molecular flexibility index (Phi) is 6.06. The fourth-order valence-electron chi connectivity index (χ4n) is 2.70. The molecule has 0 fully saturated rings. The first-order valence-electron chi connectivity index (χ1n) is 8.62. The molecule has 1 heterocycles. The van der Waals surface area contributed by atoms with Crippen LogP contribution >= 0.6 is 11.6 Å². The van der Waals surface area contributed by atoms with Crippen LogP contribution in [0.4, 0.5) is 0 Å². The molecule has 2 aromatic carbocycles. The number of imide groups is 1. The van der Waals surface area contributed by atoms with Gasteiger partial charge in [0, 0.05) is 23.6 Å². The molecule has 7 nitrogen and oxygen atoms in total. The Balaban J connectivity index is 1.38. The fourth-order valence-corrected chi connectivity index (χ4v) is 2.83. The van der Waals surface area contributed by atoms with Gasteiger partial charge in [-0.15, -0.1) is 0 Å². The van der Waals surface area contributed by atoms with Gasteiger partial charge in [-0.25, -0.2) is 4.90 Å². The lowest BCUT2D eigenvalue weighted by atomic mass is 10.1. The van der Waals surface area contributed by atoms with Gasteiger partial charge in [0.25, 0.3) is 17.7 Å². The maximum atomic E-state index is 12.2. The van der Waals surface area contributed by atoms with E-state index in [-0.39, 0.29) is 18.9 Å². The molecule has 0 spiro atoms. The summed E-state index contributed by atoms with van der Waals surface area (Å²) >= 11 is 5.77. The SMILES string of the molecule is O=C(CCCNC(=O)c1ccc(Cl)cc1)OCN1C(=O)c2ccccc2C1=O. The predicted molar refractivity (Wildman–Crippen MR) is 101 cm³/mol. The molecule has 8 heteroatoms. The number of hydrogen-bond donors (Lipinski definition) is 1. The summed E-state index contributed by atoms with van der Waals surface area (Å²) in [5, 5.41) is 3.23. The largest absolute Gasteiger partial charge is 0.444 e. The molecule has 0 radical (unpaired) electrons. The Morgan fingerprint density at radius 1 is 0.964 bits per heavy atom. The van der Waals surface area contributed by atoms with E-state index in [1.165, 1.54) is 0 Å². The molecule has 0 saturated heterocycles. The summed E-state index contributed by atoms with van der Waals surface area (Å²) in [7, 11) is 0. The van der Waals surface area contributed by atoms with Gasteiger partial charge in [0.1, 0.15) is 0 Å². The number of benzene rings is 2. The van der Waals surface area contributed by atoms with Gasteiger partial charge in [-0.1, -0.05) is 23.7 Å². The third-order valence-electron chi connectivity index (χ3n) is 4.18. The highest BCUT2D eigenvalue weighted by molar-refractivity contribution is 6.30. The second-order valence-corrected chi connectivity index (χ2v) is 6.53.